The number of aryl methyl sites for hydroxylation is 1. The van der Waals surface area contributed by atoms with Crippen LogP contribution >= 0.6 is 0 Å². The first-order valence-electron chi connectivity index (χ1n) is 6.04. The lowest BCUT2D eigenvalue weighted by atomic mass is 10.1. The highest BCUT2D eigenvalue weighted by Crippen LogP contribution is 2.41. The summed E-state index contributed by atoms with van der Waals surface area (Å²) in [6.45, 7) is 4.19. The summed E-state index contributed by atoms with van der Waals surface area (Å²) in [7, 11) is 0. The third kappa shape index (κ3) is 1.46. The largest absolute Gasteiger partial charge is 0.316 e. The second-order valence-electron chi connectivity index (χ2n) is 4.54. The van der Waals surface area contributed by atoms with Gasteiger partial charge in [-0.2, -0.15) is 0 Å². The molecular weight excluding hydrogens is 224 g/mol. The Morgan fingerprint density at radius 1 is 1.11 bits per heavy atom. The molecular formula is C14H16N4. The number of hydrogen-bond donors (Lipinski definition) is 1. The highest BCUT2D eigenvalue weighted by atomic mass is 15.6. The molecule has 0 saturated carbocycles. The summed E-state index contributed by atoms with van der Waals surface area (Å²) in [5.41, 5.74) is 3.46. The van der Waals surface area contributed by atoms with E-state index in [0.717, 1.165) is 11.5 Å². The fraction of sp³-hybridized carbons (Fsp3) is 0.214. The minimum Gasteiger partial charge on any atom is -0.316 e. The maximum absolute atomic E-state index is 6.10. The Morgan fingerprint density at radius 3 is 2.61 bits per heavy atom. The number of nitrogens with zero attached hydrogens (tertiary/aromatic N) is 3. The van der Waals surface area contributed by atoms with Gasteiger partial charge in [-0.1, -0.05) is 18.2 Å². The van der Waals surface area contributed by atoms with Crippen LogP contribution in [0.25, 0.3) is 0 Å². The van der Waals surface area contributed by atoms with Crippen LogP contribution < -0.4 is 15.8 Å². The predicted octanol–water partition coefficient (Wildman–Crippen LogP) is 2.57. The fourth-order valence-electron chi connectivity index (χ4n) is 2.44. The van der Waals surface area contributed by atoms with E-state index in [2.05, 4.69) is 41.9 Å². The van der Waals surface area contributed by atoms with Gasteiger partial charge in [-0.15, -0.1) is 0 Å². The zero-order valence-corrected chi connectivity index (χ0v) is 10.5. The van der Waals surface area contributed by atoms with Crippen molar-refractivity contribution < 1.29 is 0 Å². The Balaban J connectivity index is 2.16. The molecule has 0 radical (unpaired) electrons. The molecule has 4 nitrogen and oxygen atoms in total. The fourth-order valence-corrected chi connectivity index (χ4v) is 2.44. The van der Waals surface area contributed by atoms with Crippen molar-refractivity contribution >= 4 is 17.2 Å². The van der Waals surface area contributed by atoms with E-state index in [9.17, 15) is 0 Å². The van der Waals surface area contributed by atoms with Crippen molar-refractivity contribution in [1.82, 2.24) is 4.98 Å². The highest BCUT2D eigenvalue weighted by molar-refractivity contribution is 5.81. The minimum atomic E-state index is 0.0657. The van der Waals surface area contributed by atoms with Gasteiger partial charge in [0.1, 0.15) is 6.17 Å². The van der Waals surface area contributed by atoms with E-state index in [1.807, 2.05) is 18.2 Å². The lowest BCUT2D eigenvalue weighted by Crippen LogP contribution is -2.43. The van der Waals surface area contributed by atoms with Gasteiger partial charge in [0.15, 0.2) is 5.82 Å². The maximum Gasteiger partial charge on any atom is 0.168 e. The third-order valence-corrected chi connectivity index (χ3v) is 3.42. The standard InChI is InChI=1S/C14H16N4/c1-10-6-3-4-7-12(10)17-11(2)18(15)14-13(17)8-5-9-16-14/h3-9,11H,15H2,1-2H3/t11-/m1/s1. The van der Waals surface area contributed by atoms with Gasteiger partial charge in [0, 0.05) is 11.9 Å². The molecule has 4 heteroatoms. The second-order valence-corrected chi connectivity index (χ2v) is 4.54. The van der Waals surface area contributed by atoms with Gasteiger partial charge < -0.3 is 4.90 Å². The van der Waals surface area contributed by atoms with Crippen molar-refractivity contribution in [1.29, 1.82) is 0 Å². The number of fused-ring (bicyclic) bond motifs is 1. The average molecular weight is 240 g/mol. The number of nitrogens with two attached hydrogens (primary N) is 1. The SMILES string of the molecule is Cc1ccccc1N1c2cccnc2N(N)[C@@H]1C. The molecule has 0 bridgehead atoms. The van der Waals surface area contributed by atoms with Gasteiger partial charge in [0.2, 0.25) is 0 Å². The third-order valence-electron chi connectivity index (χ3n) is 3.42. The molecule has 3 rings (SSSR count). The number of anilines is 3. The van der Waals surface area contributed by atoms with E-state index < -0.39 is 0 Å². The molecule has 1 aromatic carbocycles. The molecule has 0 aliphatic carbocycles. The molecule has 2 N–H and O–H groups in total. The van der Waals surface area contributed by atoms with E-state index in [1.54, 1.807) is 11.2 Å². The van der Waals surface area contributed by atoms with Crippen LogP contribution in [0.5, 0.6) is 0 Å². The number of benzene rings is 1. The van der Waals surface area contributed by atoms with Crippen molar-refractivity contribution in [2.24, 2.45) is 5.84 Å². The van der Waals surface area contributed by atoms with E-state index in [0.29, 0.717) is 0 Å². The summed E-state index contributed by atoms with van der Waals surface area (Å²) in [5, 5.41) is 1.71. The van der Waals surface area contributed by atoms with E-state index in [4.69, 9.17) is 5.84 Å². The van der Waals surface area contributed by atoms with Gasteiger partial charge in [-0.3, -0.25) is 5.01 Å². The predicted molar refractivity (Wildman–Crippen MR) is 73.7 cm³/mol. The molecule has 1 atom stereocenters. The lowest BCUT2D eigenvalue weighted by Gasteiger charge is -2.27. The van der Waals surface area contributed by atoms with Crippen molar-refractivity contribution in [3.05, 3.63) is 48.2 Å². The Kier molecular flexibility index (Phi) is 2.45. The highest BCUT2D eigenvalue weighted by Gasteiger charge is 2.33. The van der Waals surface area contributed by atoms with E-state index in [-0.39, 0.29) is 6.17 Å². The number of rotatable bonds is 1. The Labute approximate surface area is 107 Å². The number of pyridine rings is 1. The quantitative estimate of drug-likeness (QED) is 0.778. The van der Waals surface area contributed by atoms with Crippen molar-refractivity contribution in [3.8, 4) is 0 Å². The Morgan fingerprint density at radius 2 is 1.83 bits per heavy atom. The van der Waals surface area contributed by atoms with Crippen molar-refractivity contribution in [2.45, 2.75) is 20.0 Å². The number of para-hydroxylation sites is 1. The minimum absolute atomic E-state index is 0.0657. The molecule has 18 heavy (non-hydrogen) atoms. The summed E-state index contributed by atoms with van der Waals surface area (Å²) >= 11 is 0. The van der Waals surface area contributed by atoms with Crippen LogP contribution in [0.15, 0.2) is 42.6 Å². The molecule has 92 valence electrons. The number of aromatic nitrogens is 1. The molecule has 2 heterocycles. The molecule has 1 aliphatic rings. The first kappa shape index (κ1) is 11.0. The molecule has 1 aromatic heterocycles. The second kappa shape index (κ2) is 3.99. The molecule has 0 saturated heterocycles. The molecule has 0 unspecified atom stereocenters. The van der Waals surface area contributed by atoms with Crippen LogP contribution in [0.4, 0.5) is 17.2 Å². The smallest absolute Gasteiger partial charge is 0.168 e. The molecule has 0 amide bonds. The van der Waals surface area contributed by atoms with Crippen molar-refractivity contribution in [3.63, 3.8) is 0 Å². The van der Waals surface area contributed by atoms with Gasteiger partial charge >= 0.3 is 0 Å². The maximum atomic E-state index is 6.10. The first-order valence-corrected chi connectivity index (χ1v) is 6.04. The van der Waals surface area contributed by atoms with Crippen LogP contribution in [0.3, 0.4) is 0 Å². The van der Waals surface area contributed by atoms with Crippen LogP contribution in [0, 0.1) is 6.92 Å². The van der Waals surface area contributed by atoms with Gasteiger partial charge in [0.25, 0.3) is 0 Å². The zero-order valence-electron chi connectivity index (χ0n) is 10.5. The van der Waals surface area contributed by atoms with E-state index in [1.165, 1.54) is 11.3 Å². The summed E-state index contributed by atoms with van der Waals surface area (Å²) in [5.74, 6) is 6.92. The van der Waals surface area contributed by atoms with Crippen LogP contribution in [0.2, 0.25) is 0 Å². The lowest BCUT2D eigenvalue weighted by molar-refractivity contribution is 0.692. The summed E-state index contributed by atoms with van der Waals surface area (Å²) in [6, 6.07) is 12.3. The van der Waals surface area contributed by atoms with Gasteiger partial charge in [0.05, 0.1) is 5.69 Å². The monoisotopic (exact) mass is 240 g/mol. The normalized spacial score (nSPS) is 18.1. The number of hydrazine groups is 1. The van der Waals surface area contributed by atoms with Crippen LogP contribution in [0.1, 0.15) is 12.5 Å². The van der Waals surface area contributed by atoms with Gasteiger partial charge in [-0.05, 0) is 37.6 Å². The molecule has 0 spiro atoms. The number of hydrogen-bond acceptors (Lipinski definition) is 4. The van der Waals surface area contributed by atoms with Crippen LogP contribution in [-0.4, -0.2) is 11.1 Å². The van der Waals surface area contributed by atoms with Gasteiger partial charge in [-0.25, -0.2) is 10.8 Å². The van der Waals surface area contributed by atoms with Crippen LogP contribution in [-0.2, 0) is 0 Å². The van der Waals surface area contributed by atoms with E-state index >= 15 is 0 Å². The Bertz CT molecular complexity index is 582. The zero-order chi connectivity index (χ0) is 12.7. The Hall–Kier alpha value is -2.07. The molecule has 2 aromatic rings. The first-order chi connectivity index (χ1) is 8.70. The summed E-state index contributed by atoms with van der Waals surface area (Å²) in [4.78, 5) is 6.58. The average Bonchev–Trinajstić information content (AvgIpc) is 2.64. The topological polar surface area (TPSA) is 45.4 Å². The van der Waals surface area contributed by atoms with Crippen molar-refractivity contribution in [2.75, 3.05) is 9.91 Å². The summed E-state index contributed by atoms with van der Waals surface area (Å²) in [6.07, 6.45) is 1.84. The summed E-state index contributed by atoms with van der Waals surface area (Å²) < 4.78 is 0. The molecule has 0 fully saturated rings. The molecule has 1 aliphatic heterocycles.